The number of ether oxygens (including phenoxy) is 2. The lowest BCUT2D eigenvalue weighted by Crippen LogP contribution is -2.49. The molecule has 14 heteroatoms. The summed E-state index contributed by atoms with van der Waals surface area (Å²) in [5.41, 5.74) is 2.25. The standard InChI is InChI=1S/C44H42F4N4O6/c1-51(35-8-12-37(57-3)13-9-35)43(55)39(21-29-17-31(45)25-32(46)18-29)49-41(53)23-27-6-5-7-28(16-27)24-42(54)50-40(22-30-19-33(47)26-34(48)20-30)44(56)52(2)36-10-14-38(58-4)15-11-36/h5-20,25-26,39-40H,21-24H2,1-4H3,(H,49,53)(H,50,54)/t39-,40-/m0/s1. The van der Waals surface area contributed by atoms with Gasteiger partial charge in [-0.2, -0.15) is 0 Å². The van der Waals surface area contributed by atoms with Crippen molar-refractivity contribution in [1.29, 1.82) is 0 Å². The molecule has 0 radical (unpaired) electrons. The molecule has 0 spiro atoms. The Morgan fingerprint density at radius 1 is 0.517 bits per heavy atom. The number of likely N-dealkylation sites (N-methyl/N-ethyl adjacent to an activating group) is 2. The highest BCUT2D eigenvalue weighted by atomic mass is 19.1. The van der Waals surface area contributed by atoms with Crippen LogP contribution in [0.5, 0.6) is 11.5 Å². The highest BCUT2D eigenvalue weighted by Gasteiger charge is 2.28. The summed E-state index contributed by atoms with van der Waals surface area (Å²) < 4.78 is 66.8. The van der Waals surface area contributed by atoms with Gasteiger partial charge >= 0.3 is 0 Å². The van der Waals surface area contributed by atoms with Crippen LogP contribution in [0.1, 0.15) is 22.3 Å². The van der Waals surface area contributed by atoms with E-state index in [2.05, 4.69) is 10.6 Å². The maximum absolute atomic E-state index is 14.1. The second-order valence-electron chi connectivity index (χ2n) is 13.6. The van der Waals surface area contributed by atoms with Crippen LogP contribution in [-0.2, 0) is 44.9 Å². The zero-order valence-electron chi connectivity index (χ0n) is 32.2. The average molecular weight is 799 g/mol. The van der Waals surface area contributed by atoms with Crippen LogP contribution in [-0.4, -0.2) is 64.0 Å². The fourth-order valence-corrected chi connectivity index (χ4v) is 6.37. The van der Waals surface area contributed by atoms with Gasteiger partial charge in [0.25, 0.3) is 0 Å². The molecule has 2 N–H and O–H groups in total. The molecule has 0 bridgehead atoms. The second-order valence-corrected chi connectivity index (χ2v) is 13.6. The Hall–Kier alpha value is -6.70. The molecule has 0 aliphatic rings. The predicted molar refractivity (Wildman–Crippen MR) is 211 cm³/mol. The first-order valence-corrected chi connectivity index (χ1v) is 18.1. The number of hydrogen-bond acceptors (Lipinski definition) is 6. The molecule has 10 nitrogen and oxygen atoms in total. The number of carbonyl (C=O) groups excluding carboxylic acids is 4. The minimum Gasteiger partial charge on any atom is -0.497 e. The number of nitrogens with one attached hydrogen (secondary N) is 2. The first kappa shape index (κ1) is 42.4. The molecule has 0 heterocycles. The normalized spacial score (nSPS) is 11.9. The van der Waals surface area contributed by atoms with Crippen LogP contribution in [0.4, 0.5) is 28.9 Å². The molecule has 58 heavy (non-hydrogen) atoms. The summed E-state index contributed by atoms with van der Waals surface area (Å²) in [6.07, 6.45) is -0.866. The monoisotopic (exact) mass is 798 g/mol. The Morgan fingerprint density at radius 3 is 1.19 bits per heavy atom. The summed E-state index contributed by atoms with van der Waals surface area (Å²) in [5, 5.41) is 5.41. The third kappa shape index (κ3) is 11.7. The summed E-state index contributed by atoms with van der Waals surface area (Å²) in [6, 6.07) is 23.1. The van der Waals surface area contributed by atoms with Crippen LogP contribution < -0.4 is 29.9 Å². The predicted octanol–water partition coefficient (Wildman–Crippen LogP) is 6.13. The molecule has 4 amide bonds. The first-order valence-electron chi connectivity index (χ1n) is 18.1. The fourth-order valence-electron chi connectivity index (χ4n) is 6.37. The smallest absolute Gasteiger partial charge is 0.249 e. The van der Waals surface area contributed by atoms with E-state index in [1.165, 1.54) is 38.1 Å². The van der Waals surface area contributed by atoms with E-state index in [4.69, 9.17) is 9.47 Å². The number of rotatable bonds is 16. The number of hydrogen-bond donors (Lipinski definition) is 2. The molecule has 5 aromatic carbocycles. The van der Waals surface area contributed by atoms with Crippen molar-refractivity contribution in [2.75, 3.05) is 38.1 Å². The van der Waals surface area contributed by atoms with Gasteiger partial charge < -0.3 is 29.9 Å². The number of methoxy groups -OCH3 is 2. The third-order valence-electron chi connectivity index (χ3n) is 9.29. The molecule has 5 aromatic rings. The maximum Gasteiger partial charge on any atom is 0.249 e. The molecule has 0 aliphatic heterocycles. The SMILES string of the molecule is COc1ccc(N(C)C(=O)[C@H](Cc2cc(F)cc(F)c2)NC(=O)Cc2cccc(CC(=O)N[C@@H](Cc3cc(F)cc(F)c3)C(=O)N(C)c3ccc(OC)cc3)c2)cc1. The van der Waals surface area contributed by atoms with Crippen molar-refractivity contribution in [3.63, 3.8) is 0 Å². The summed E-state index contributed by atoms with van der Waals surface area (Å²) in [6.45, 7) is 0. The van der Waals surface area contributed by atoms with Gasteiger partial charge in [-0.3, -0.25) is 19.2 Å². The second kappa shape index (κ2) is 19.4. The lowest BCUT2D eigenvalue weighted by molar-refractivity contribution is -0.127. The Morgan fingerprint density at radius 2 is 0.862 bits per heavy atom. The van der Waals surface area contributed by atoms with Crippen LogP contribution in [0.2, 0.25) is 0 Å². The van der Waals surface area contributed by atoms with Crippen LogP contribution >= 0.6 is 0 Å². The number of halogens is 4. The van der Waals surface area contributed by atoms with Crippen LogP contribution in [0.25, 0.3) is 0 Å². The van der Waals surface area contributed by atoms with Crippen molar-refractivity contribution in [2.24, 2.45) is 0 Å². The van der Waals surface area contributed by atoms with E-state index in [0.29, 0.717) is 46.1 Å². The van der Waals surface area contributed by atoms with E-state index in [-0.39, 0.29) is 36.8 Å². The van der Waals surface area contributed by atoms with E-state index >= 15 is 0 Å². The fraction of sp³-hybridized carbons (Fsp3) is 0.227. The number of nitrogens with zero attached hydrogens (tertiary/aromatic N) is 2. The van der Waals surface area contributed by atoms with E-state index < -0.39 is 59.0 Å². The van der Waals surface area contributed by atoms with Crippen molar-refractivity contribution in [1.82, 2.24) is 10.6 Å². The van der Waals surface area contributed by atoms with Crippen molar-refractivity contribution in [3.8, 4) is 11.5 Å². The number of benzene rings is 5. The first-order chi connectivity index (χ1) is 27.7. The summed E-state index contributed by atoms with van der Waals surface area (Å²) >= 11 is 0. The molecule has 302 valence electrons. The van der Waals surface area contributed by atoms with E-state index in [1.54, 1.807) is 72.8 Å². The zero-order valence-corrected chi connectivity index (χ0v) is 32.2. The van der Waals surface area contributed by atoms with Gasteiger partial charge in [0.05, 0.1) is 27.1 Å². The molecular weight excluding hydrogens is 756 g/mol. The minimum atomic E-state index is -1.22. The van der Waals surface area contributed by atoms with E-state index in [0.717, 1.165) is 24.3 Å². The van der Waals surface area contributed by atoms with Gasteiger partial charge in [-0.1, -0.05) is 24.3 Å². The molecule has 2 atom stereocenters. The Balaban J connectivity index is 1.30. The van der Waals surface area contributed by atoms with Crippen molar-refractivity contribution < 1.29 is 46.2 Å². The molecule has 5 rings (SSSR count). The van der Waals surface area contributed by atoms with Gasteiger partial charge in [0.1, 0.15) is 46.9 Å². The quantitative estimate of drug-likeness (QED) is 0.116. The van der Waals surface area contributed by atoms with Gasteiger partial charge in [0.2, 0.25) is 23.6 Å². The summed E-state index contributed by atoms with van der Waals surface area (Å²) in [7, 11) is 6.02. The molecular formula is C44H42F4N4O6. The van der Waals surface area contributed by atoms with Gasteiger partial charge in [-0.05, 0) is 95.1 Å². The third-order valence-corrected chi connectivity index (χ3v) is 9.29. The Labute approximate surface area is 333 Å². The lowest BCUT2D eigenvalue weighted by atomic mass is 10.0. The molecule has 0 fully saturated rings. The van der Waals surface area contributed by atoms with Crippen LogP contribution in [0.3, 0.4) is 0 Å². The van der Waals surface area contributed by atoms with Crippen LogP contribution in [0, 0.1) is 23.3 Å². The van der Waals surface area contributed by atoms with Gasteiger partial charge in [-0.25, -0.2) is 17.6 Å². The largest absolute Gasteiger partial charge is 0.497 e. The molecule has 0 aliphatic carbocycles. The average Bonchev–Trinajstić information content (AvgIpc) is 3.18. The van der Waals surface area contributed by atoms with Crippen molar-refractivity contribution in [3.05, 3.63) is 155 Å². The number of anilines is 2. The molecule has 0 saturated heterocycles. The summed E-state index contributed by atoms with van der Waals surface area (Å²) in [4.78, 5) is 57.0. The minimum absolute atomic E-state index is 0.154. The van der Waals surface area contributed by atoms with Gasteiger partial charge in [0.15, 0.2) is 0 Å². The van der Waals surface area contributed by atoms with Gasteiger partial charge in [-0.15, -0.1) is 0 Å². The Bertz CT molecular complexity index is 2060. The lowest BCUT2D eigenvalue weighted by Gasteiger charge is -2.25. The van der Waals surface area contributed by atoms with E-state index in [9.17, 15) is 36.7 Å². The summed E-state index contributed by atoms with van der Waals surface area (Å²) in [5.74, 6) is -4.44. The molecule has 0 aromatic heterocycles. The number of amides is 4. The number of carbonyl (C=O) groups is 4. The van der Waals surface area contributed by atoms with Crippen LogP contribution in [0.15, 0.2) is 109 Å². The van der Waals surface area contributed by atoms with E-state index in [1.807, 2.05) is 0 Å². The maximum atomic E-state index is 14.1. The van der Waals surface area contributed by atoms with Crippen molar-refractivity contribution >= 4 is 35.0 Å². The van der Waals surface area contributed by atoms with Gasteiger partial charge in [0, 0.05) is 50.4 Å². The zero-order chi connectivity index (χ0) is 41.9. The Kier molecular flexibility index (Phi) is 14.2. The molecule has 0 saturated carbocycles. The highest BCUT2D eigenvalue weighted by molar-refractivity contribution is 6.00. The topological polar surface area (TPSA) is 117 Å². The van der Waals surface area contributed by atoms with Crippen molar-refractivity contribution in [2.45, 2.75) is 37.8 Å². The highest BCUT2D eigenvalue weighted by Crippen LogP contribution is 2.22. The molecule has 0 unspecified atom stereocenters.